The number of nitrogens with zero attached hydrogens (tertiary/aromatic N) is 1. The van der Waals surface area contributed by atoms with Crippen molar-refractivity contribution in [3.63, 3.8) is 0 Å². The SMILES string of the molecule is O=C(O)c1cccc(Br)c1NC(=O)N1CCC(CO)CC1. The number of urea groups is 1. The predicted octanol–water partition coefficient (Wildman–Crippen LogP) is 2.38. The van der Waals surface area contributed by atoms with Gasteiger partial charge in [0.25, 0.3) is 0 Å². The van der Waals surface area contributed by atoms with E-state index in [0.717, 1.165) is 12.8 Å². The van der Waals surface area contributed by atoms with Crippen molar-refractivity contribution in [1.29, 1.82) is 0 Å². The molecule has 1 fully saturated rings. The van der Waals surface area contributed by atoms with Crippen molar-refractivity contribution in [3.05, 3.63) is 28.2 Å². The summed E-state index contributed by atoms with van der Waals surface area (Å²) in [6, 6.07) is 4.41. The number of hydrogen-bond acceptors (Lipinski definition) is 3. The molecule has 2 amide bonds. The quantitative estimate of drug-likeness (QED) is 0.775. The first-order valence-corrected chi connectivity index (χ1v) is 7.50. The Hall–Kier alpha value is -1.60. The normalized spacial score (nSPS) is 15.8. The smallest absolute Gasteiger partial charge is 0.337 e. The second kappa shape index (κ2) is 6.91. The second-order valence-electron chi connectivity index (χ2n) is 5.01. The van der Waals surface area contributed by atoms with Crippen LogP contribution >= 0.6 is 15.9 Å². The van der Waals surface area contributed by atoms with E-state index < -0.39 is 5.97 Å². The molecule has 1 aliphatic heterocycles. The monoisotopic (exact) mass is 356 g/mol. The van der Waals surface area contributed by atoms with Gasteiger partial charge in [0.05, 0.1) is 11.3 Å². The van der Waals surface area contributed by atoms with Gasteiger partial charge in [0.15, 0.2) is 0 Å². The van der Waals surface area contributed by atoms with Crippen molar-refractivity contribution in [2.24, 2.45) is 5.92 Å². The first-order chi connectivity index (χ1) is 10.0. The van der Waals surface area contributed by atoms with Crippen LogP contribution in [0.1, 0.15) is 23.2 Å². The summed E-state index contributed by atoms with van der Waals surface area (Å²) in [7, 11) is 0. The Morgan fingerprint density at radius 2 is 2.00 bits per heavy atom. The third-order valence-electron chi connectivity index (χ3n) is 3.64. The molecule has 1 saturated heterocycles. The van der Waals surface area contributed by atoms with E-state index in [1.54, 1.807) is 17.0 Å². The van der Waals surface area contributed by atoms with Crippen molar-refractivity contribution in [1.82, 2.24) is 4.90 Å². The van der Waals surface area contributed by atoms with Gasteiger partial charge < -0.3 is 20.4 Å². The van der Waals surface area contributed by atoms with E-state index in [9.17, 15) is 9.59 Å². The number of aliphatic hydroxyl groups is 1. The third-order valence-corrected chi connectivity index (χ3v) is 4.30. The number of nitrogens with one attached hydrogen (secondary N) is 1. The molecule has 0 aromatic heterocycles. The number of benzene rings is 1. The molecule has 0 atom stereocenters. The van der Waals surface area contributed by atoms with E-state index in [1.807, 2.05) is 0 Å². The number of rotatable bonds is 3. The molecule has 1 aromatic carbocycles. The summed E-state index contributed by atoms with van der Waals surface area (Å²) < 4.78 is 0.529. The average Bonchev–Trinajstić information content (AvgIpc) is 2.49. The minimum atomic E-state index is -1.09. The van der Waals surface area contributed by atoms with Crippen LogP contribution in [0.5, 0.6) is 0 Å². The number of halogens is 1. The Morgan fingerprint density at radius 3 is 2.57 bits per heavy atom. The molecule has 3 N–H and O–H groups in total. The number of amides is 2. The standard InChI is InChI=1S/C14H17BrN2O4/c15-11-3-1-2-10(13(19)20)12(11)16-14(21)17-6-4-9(8-18)5-7-17/h1-3,9,18H,4-8H2,(H,16,21)(H,19,20). The molecule has 7 heteroatoms. The Kier molecular flexibility index (Phi) is 5.19. The summed E-state index contributed by atoms with van der Waals surface area (Å²) >= 11 is 3.26. The molecule has 1 heterocycles. The fourth-order valence-electron chi connectivity index (χ4n) is 2.33. The van der Waals surface area contributed by atoms with E-state index in [1.165, 1.54) is 6.07 Å². The first-order valence-electron chi connectivity index (χ1n) is 6.71. The van der Waals surface area contributed by atoms with Crippen molar-refractivity contribution in [2.45, 2.75) is 12.8 Å². The second-order valence-corrected chi connectivity index (χ2v) is 5.87. The molecule has 0 radical (unpaired) electrons. The first kappa shape index (κ1) is 15.8. The largest absolute Gasteiger partial charge is 0.478 e. The van der Waals surface area contributed by atoms with Crippen LogP contribution in [0.15, 0.2) is 22.7 Å². The van der Waals surface area contributed by atoms with Gasteiger partial charge in [0.2, 0.25) is 0 Å². The Morgan fingerprint density at radius 1 is 1.33 bits per heavy atom. The lowest BCUT2D eigenvalue weighted by atomic mass is 9.98. The number of aromatic carboxylic acids is 1. The highest BCUT2D eigenvalue weighted by Crippen LogP contribution is 2.27. The number of carbonyl (C=O) groups excluding carboxylic acids is 1. The zero-order chi connectivity index (χ0) is 15.4. The van der Waals surface area contributed by atoms with Crippen LogP contribution in [0.2, 0.25) is 0 Å². The minimum absolute atomic E-state index is 0.0444. The Balaban J connectivity index is 2.08. The van der Waals surface area contributed by atoms with Gasteiger partial charge in [-0.1, -0.05) is 6.07 Å². The number of carboxylic acids is 1. The lowest BCUT2D eigenvalue weighted by Gasteiger charge is -2.31. The fourth-order valence-corrected chi connectivity index (χ4v) is 2.80. The molecule has 0 bridgehead atoms. The van der Waals surface area contributed by atoms with Crippen molar-refractivity contribution in [3.8, 4) is 0 Å². The van der Waals surface area contributed by atoms with Gasteiger partial charge in [-0.05, 0) is 46.8 Å². The molecule has 21 heavy (non-hydrogen) atoms. The summed E-state index contributed by atoms with van der Waals surface area (Å²) in [6.45, 7) is 1.26. The van der Waals surface area contributed by atoms with Gasteiger partial charge in [-0.25, -0.2) is 9.59 Å². The minimum Gasteiger partial charge on any atom is -0.478 e. The van der Waals surface area contributed by atoms with Crippen LogP contribution in [0.4, 0.5) is 10.5 Å². The van der Waals surface area contributed by atoms with Gasteiger partial charge in [0.1, 0.15) is 0 Å². The molecule has 0 spiro atoms. The maximum Gasteiger partial charge on any atom is 0.337 e. The number of carboxylic acid groups (broad SMARTS) is 1. The number of hydrogen-bond donors (Lipinski definition) is 3. The number of carbonyl (C=O) groups is 2. The summed E-state index contributed by atoms with van der Waals surface area (Å²) in [5, 5.41) is 20.9. The summed E-state index contributed by atoms with van der Waals surface area (Å²) in [5.74, 6) is -0.849. The Labute approximate surface area is 130 Å². The topological polar surface area (TPSA) is 89.9 Å². The van der Waals surface area contributed by atoms with Gasteiger partial charge in [-0.2, -0.15) is 0 Å². The van der Waals surface area contributed by atoms with E-state index in [2.05, 4.69) is 21.2 Å². The Bertz CT molecular complexity index is 542. The van der Waals surface area contributed by atoms with Crippen LogP contribution in [0, 0.1) is 5.92 Å². The van der Waals surface area contributed by atoms with E-state index in [0.29, 0.717) is 17.6 Å². The lowest BCUT2D eigenvalue weighted by molar-refractivity contribution is 0.0698. The predicted molar refractivity (Wildman–Crippen MR) is 81.5 cm³/mol. The maximum absolute atomic E-state index is 12.2. The van der Waals surface area contributed by atoms with Crippen molar-refractivity contribution in [2.75, 3.05) is 25.0 Å². The number of aliphatic hydroxyl groups excluding tert-OH is 1. The maximum atomic E-state index is 12.2. The zero-order valence-electron chi connectivity index (χ0n) is 11.4. The van der Waals surface area contributed by atoms with Gasteiger partial charge in [-0.15, -0.1) is 0 Å². The van der Waals surface area contributed by atoms with E-state index in [-0.39, 0.29) is 29.8 Å². The zero-order valence-corrected chi connectivity index (χ0v) is 13.0. The lowest BCUT2D eigenvalue weighted by Crippen LogP contribution is -2.41. The average molecular weight is 357 g/mol. The summed E-state index contributed by atoms with van der Waals surface area (Å²) in [4.78, 5) is 25.1. The number of para-hydroxylation sites is 1. The highest BCUT2D eigenvalue weighted by Gasteiger charge is 2.24. The van der Waals surface area contributed by atoms with Gasteiger partial charge >= 0.3 is 12.0 Å². The summed E-state index contributed by atoms with van der Waals surface area (Å²) in [6.07, 6.45) is 1.51. The molecule has 0 unspecified atom stereocenters. The van der Waals surface area contributed by atoms with Gasteiger partial charge in [0, 0.05) is 24.2 Å². The van der Waals surface area contributed by atoms with Crippen molar-refractivity contribution >= 4 is 33.6 Å². The van der Waals surface area contributed by atoms with Crippen LogP contribution in [0.3, 0.4) is 0 Å². The molecule has 6 nitrogen and oxygen atoms in total. The van der Waals surface area contributed by atoms with Crippen LogP contribution < -0.4 is 5.32 Å². The number of anilines is 1. The molecular formula is C14H17BrN2O4. The van der Waals surface area contributed by atoms with Crippen LogP contribution in [-0.4, -0.2) is 46.8 Å². The molecule has 0 aliphatic carbocycles. The third kappa shape index (κ3) is 3.74. The highest BCUT2D eigenvalue weighted by molar-refractivity contribution is 9.10. The molecule has 114 valence electrons. The molecule has 2 rings (SSSR count). The summed E-state index contributed by atoms with van der Waals surface area (Å²) in [5.41, 5.74) is 0.308. The molecule has 0 saturated carbocycles. The van der Waals surface area contributed by atoms with Gasteiger partial charge in [-0.3, -0.25) is 0 Å². The number of piperidine rings is 1. The van der Waals surface area contributed by atoms with E-state index in [4.69, 9.17) is 10.2 Å². The fraction of sp³-hybridized carbons (Fsp3) is 0.429. The van der Waals surface area contributed by atoms with Crippen LogP contribution in [0.25, 0.3) is 0 Å². The highest BCUT2D eigenvalue weighted by atomic mass is 79.9. The van der Waals surface area contributed by atoms with E-state index >= 15 is 0 Å². The molecular weight excluding hydrogens is 340 g/mol. The number of likely N-dealkylation sites (tertiary alicyclic amines) is 1. The molecule has 1 aromatic rings. The molecule has 1 aliphatic rings. The van der Waals surface area contributed by atoms with Crippen molar-refractivity contribution < 1.29 is 19.8 Å². The van der Waals surface area contributed by atoms with Crippen LogP contribution in [-0.2, 0) is 0 Å².